The fourth-order valence-corrected chi connectivity index (χ4v) is 2.89. The zero-order valence-electron chi connectivity index (χ0n) is 13.4. The summed E-state index contributed by atoms with van der Waals surface area (Å²) in [6.45, 7) is 0.570. The lowest BCUT2D eigenvalue weighted by Gasteiger charge is -2.18. The van der Waals surface area contributed by atoms with Gasteiger partial charge >= 0.3 is 0 Å². The Kier molecular flexibility index (Phi) is 5.16. The van der Waals surface area contributed by atoms with Crippen LogP contribution in [0.2, 0.25) is 0 Å². The average Bonchev–Trinajstić information content (AvgIpc) is 2.61. The van der Waals surface area contributed by atoms with E-state index in [2.05, 4.69) is 22.0 Å². The van der Waals surface area contributed by atoms with Gasteiger partial charge in [0.2, 0.25) is 0 Å². The molecule has 0 heterocycles. The molecule has 0 aliphatic heterocycles. The Morgan fingerprint density at radius 2 is 1.71 bits per heavy atom. The van der Waals surface area contributed by atoms with Gasteiger partial charge in [0.15, 0.2) is 6.61 Å². The molecule has 1 amide bonds. The zero-order chi connectivity index (χ0) is 16.9. The first-order valence-corrected chi connectivity index (χ1v) is 8.52. The van der Waals surface area contributed by atoms with Crippen LogP contribution in [0.4, 0.5) is 0 Å². The Labute approximate surface area is 150 Å². The quantitative estimate of drug-likeness (QED) is 0.642. The Balaban J connectivity index is 1.60. The van der Waals surface area contributed by atoms with Crippen LogP contribution < -0.4 is 4.74 Å². The summed E-state index contributed by atoms with van der Waals surface area (Å²) < 4.78 is 6.66. The second kappa shape index (κ2) is 7.49. The molecule has 4 heteroatoms. The van der Waals surface area contributed by atoms with Gasteiger partial charge in [-0.05, 0) is 34.5 Å². The molecule has 3 aromatic rings. The second-order valence-corrected chi connectivity index (χ2v) is 6.49. The van der Waals surface area contributed by atoms with Crippen LogP contribution in [0.5, 0.6) is 5.75 Å². The molecule has 0 saturated heterocycles. The third-order valence-electron chi connectivity index (χ3n) is 3.87. The number of rotatable bonds is 5. The van der Waals surface area contributed by atoms with Gasteiger partial charge in [0.25, 0.3) is 5.91 Å². The lowest BCUT2D eigenvalue weighted by atomic mass is 10.1. The maximum Gasteiger partial charge on any atom is 0.260 e. The number of benzene rings is 3. The van der Waals surface area contributed by atoms with Gasteiger partial charge in [-0.3, -0.25) is 4.79 Å². The molecule has 0 spiro atoms. The maximum absolute atomic E-state index is 12.3. The van der Waals surface area contributed by atoms with E-state index in [1.54, 1.807) is 11.9 Å². The first-order valence-electron chi connectivity index (χ1n) is 7.72. The highest BCUT2D eigenvalue weighted by Gasteiger charge is 2.11. The van der Waals surface area contributed by atoms with Crippen molar-refractivity contribution < 1.29 is 9.53 Å². The predicted molar refractivity (Wildman–Crippen MR) is 100 cm³/mol. The minimum atomic E-state index is -0.0566. The molecule has 0 unspecified atom stereocenters. The molecule has 3 nitrogen and oxygen atoms in total. The summed E-state index contributed by atoms with van der Waals surface area (Å²) in [4.78, 5) is 13.9. The first kappa shape index (κ1) is 16.5. The molecular formula is C20H18BrNO2. The van der Waals surface area contributed by atoms with Gasteiger partial charge in [0.05, 0.1) is 0 Å². The minimum Gasteiger partial charge on any atom is -0.484 e. The van der Waals surface area contributed by atoms with E-state index in [9.17, 15) is 4.79 Å². The largest absolute Gasteiger partial charge is 0.484 e. The van der Waals surface area contributed by atoms with Crippen molar-refractivity contribution >= 4 is 32.6 Å². The van der Waals surface area contributed by atoms with Crippen LogP contribution in [0.3, 0.4) is 0 Å². The third kappa shape index (κ3) is 3.95. The maximum atomic E-state index is 12.3. The topological polar surface area (TPSA) is 29.5 Å². The molecule has 3 rings (SSSR count). The minimum absolute atomic E-state index is 0.0271. The number of halogens is 1. The summed E-state index contributed by atoms with van der Waals surface area (Å²) in [6.07, 6.45) is 0. The van der Waals surface area contributed by atoms with Gasteiger partial charge in [0.1, 0.15) is 5.75 Å². The highest BCUT2D eigenvalue weighted by atomic mass is 79.9. The summed E-state index contributed by atoms with van der Waals surface area (Å²) in [5.41, 5.74) is 1.07. The van der Waals surface area contributed by atoms with Gasteiger partial charge in [-0.2, -0.15) is 0 Å². The van der Waals surface area contributed by atoms with E-state index in [0.29, 0.717) is 12.3 Å². The first-order chi connectivity index (χ1) is 11.6. The number of likely N-dealkylation sites (N-methyl/N-ethyl adjacent to an activating group) is 1. The molecule has 0 saturated carbocycles. The summed E-state index contributed by atoms with van der Waals surface area (Å²) in [5, 5.41) is 2.26. The lowest BCUT2D eigenvalue weighted by molar-refractivity contribution is -0.132. The van der Waals surface area contributed by atoms with Crippen molar-refractivity contribution in [1.82, 2.24) is 4.90 Å². The molecule has 0 atom stereocenters. The fraction of sp³-hybridized carbons (Fsp3) is 0.150. The Morgan fingerprint density at radius 1 is 1.00 bits per heavy atom. The molecule has 24 heavy (non-hydrogen) atoms. The lowest BCUT2D eigenvalue weighted by Crippen LogP contribution is -2.31. The summed E-state index contributed by atoms with van der Waals surface area (Å²) in [6, 6.07) is 21.8. The zero-order valence-corrected chi connectivity index (χ0v) is 15.0. The number of fused-ring (bicyclic) bond motifs is 1. The number of carbonyl (C=O) groups is 1. The molecular weight excluding hydrogens is 366 g/mol. The van der Waals surface area contributed by atoms with Crippen molar-refractivity contribution in [2.45, 2.75) is 6.54 Å². The van der Waals surface area contributed by atoms with Crippen molar-refractivity contribution in [3.8, 4) is 5.75 Å². The number of ether oxygens (including phenoxy) is 1. The van der Waals surface area contributed by atoms with Crippen LogP contribution in [0, 0.1) is 0 Å². The van der Waals surface area contributed by atoms with Crippen molar-refractivity contribution in [2.24, 2.45) is 0 Å². The summed E-state index contributed by atoms with van der Waals surface area (Å²) in [5.74, 6) is 0.648. The molecule has 0 radical (unpaired) electrons. The predicted octanol–water partition coefficient (Wildman–Crippen LogP) is 4.64. The summed E-state index contributed by atoms with van der Waals surface area (Å²) >= 11 is 3.50. The van der Waals surface area contributed by atoms with Crippen LogP contribution >= 0.6 is 15.9 Å². The number of hydrogen-bond donors (Lipinski definition) is 0. The van der Waals surface area contributed by atoms with Gasteiger partial charge in [0, 0.05) is 18.1 Å². The molecule has 0 fully saturated rings. The molecule has 0 aromatic heterocycles. The Bertz CT molecular complexity index is 863. The van der Waals surface area contributed by atoms with E-state index in [1.165, 1.54) is 0 Å². The Hall–Kier alpha value is -2.33. The van der Waals surface area contributed by atoms with Gasteiger partial charge < -0.3 is 9.64 Å². The molecule has 0 bridgehead atoms. The van der Waals surface area contributed by atoms with Crippen LogP contribution in [0.1, 0.15) is 5.56 Å². The smallest absolute Gasteiger partial charge is 0.260 e. The summed E-state index contributed by atoms with van der Waals surface area (Å²) in [7, 11) is 1.78. The number of amides is 1. The van der Waals surface area contributed by atoms with Crippen molar-refractivity contribution in [3.05, 3.63) is 76.8 Å². The normalized spacial score (nSPS) is 10.6. The standard InChI is InChI=1S/C20H18BrNO2/c1-22(13-17-8-4-5-9-19(17)21)20(23)14-24-18-11-10-15-6-2-3-7-16(15)12-18/h2-12H,13-14H2,1H3. The third-order valence-corrected chi connectivity index (χ3v) is 4.65. The van der Waals surface area contributed by atoms with Crippen molar-refractivity contribution in [3.63, 3.8) is 0 Å². The van der Waals surface area contributed by atoms with Gasteiger partial charge in [-0.1, -0.05) is 64.5 Å². The van der Waals surface area contributed by atoms with Crippen LogP contribution in [0.25, 0.3) is 10.8 Å². The number of nitrogens with zero attached hydrogens (tertiary/aromatic N) is 1. The van der Waals surface area contributed by atoms with Crippen LogP contribution in [-0.4, -0.2) is 24.5 Å². The molecule has 0 aliphatic rings. The van der Waals surface area contributed by atoms with E-state index >= 15 is 0 Å². The Morgan fingerprint density at radius 3 is 2.50 bits per heavy atom. The van der Waals surface area contributed by atoms with E-state index in [1.807, 2.05) is 60.7 Å². The fourth-order valence-electron chi connectivity index (χ4n) is 2.48. The molecule has 122 valence electrons. The van der Waals surface area contributed by atoms with E-state index in [0.717, 1.165) is 20.8 Å². The van der Waals surface area contributed by atoms with Gasteiger partial charge in [-0.25, -0.2) is 0 Å². The molecule has 3 aromatic carbocycles. The highest BCUT2D eigenvalue weighted by Crippen LogP contribution is 2.21. The van der Waals surface area contributed by atoms with E-state index < -0.39 is 0 Å². The molecule has 0 aliphatic carbocycles. The second-order valence-electron chi connectivity index (χ2n) is 5.64. The van der Waals surface area contributed by atoms with Crippen LogP contribution in [-0.2, 0) is 11.3 Å². The highest BCUT2D eigenvalue weighted by molar-refractivity contribution is 9.10. The number of carbonyl (C=O) groups excluding carboxylic acids is 1. The monoisotopic (exact) mass is 383 g/mol. The average molecular weight is 384 g/mol. The van der Waals surface area contributed by atoms with Crippen LogP contribution in [0.15, 0.2) is 71.2 Å². The van der Waals surface area contributed by atoms with Crippen molar-refractivity contribution in [2.75, 3.05) is 13.7 Å². The molecule has 0 N–H and O–H groups in total. The number of hydrogen-bond acceptors (Lipinski definition) is 2. The van der Waals surface area contributed by atoms with E-state index in [4.69, 9.17) is 4.74 Å². The van der Waals surface area contributed by atoms with Crippen molar-refractivity contribution in [1.29, 1.82) is 0 Å². The SMILES string of the molecule is CN(Cc1ccccc1Br)C(=O)COc1ccc2ccccc2c1. The van der Waals surface area contributed by atoms with E-state index in [-0.39, 0.29) is 12.5 Å². The van der Waals surface area contributed by atoms with Gasteiger partial charge in [-0.15, -0.1) is 0 Å².